The number of hydrogen-bond donors (Lipinski definition) is 1. The molecule has 0 bridgehead atoms. The number of pyridine rings is 1. The fraction of sp³-hybridized carbons (Fsp3) is 0.250. The molecule has 17 heavy (non-hydrogen) atoms. The van der Waals surface area contributed by atoms with Crippen molar-refractivity contribution in [3.05, 3.63) is 17.3 Å². The zero-order valence-corrected chi connectivity index (χ0v) is 7.92. The number of nitrogens with zero attached hydrogens (tertiary/aromatic N) is 2. The van der Waals surface area contributed by atoms with Crippen LogP contribution < -0.4 is 10.5 Å². The number of nitrogens with two attached hydrogens (primary N) is 1. The van der Waals surface area contributed by atoms with Crippen LogP contribution in [0.25, 0.3) is 0 Å². The van der Waals surface area contributed by atoms with Gasteiger partial charge < -0.3 is 10.5 Å². The Labute approximate surface area is 91.4 Å². The van der Waals surface area contributed by atoms with E-state index in [1.54, 1.807) is 0 Å². The van der Waals surface area contributed by atoms with Crippen LogP contribution in [0.2, 0.25) is 0 Å². The number of halogens is 5. The Balaban J connectivity index is 3.26. The molecule has 0 aliphatic carbocycles. The fourth-order valence-corrected chi connectivity index (χ4v) is 0.986. The molecule has 1 heterocycles. The van der Waals surface area contributed by atoms with E-state index in [-0.39, 0.29) is 0 Å². The Morgan fingerprint density at radius 1 is 1.41 bits per heavy atom. The first-order valence-corrected chi connectivity index (χ1v) is 3.99. The smallest absolute Gasteiger partial charge is 0.402 e. The van der Waals surface area contributed by atoms with Gasteiger partial charge in [-0.3, -0.25) is 0 Å². The van der Waals surface area contributed by atoms with E-state index < -0.39 is 35.6 Å². The van der Waals surface area contributed by atoms with Gasteiger partial charge in [-0.1, -0.05) is 0 Å². The van der Waals surface area contributed by atoms with Crippen LogP contribution in [-0.2, 0) is 0 Å². The Morgan fingerprint density at radius 3 is 2.41 bits per heavy atom. The third kappa shape index (κ3) is 3.17. The van der Waals surface area contributed by atoms with Crippen molar-refractivity contribution in [3.63, 3.8) is 0 Å². The lowest BCUT2D eigenvalue weighted by Crippen LogP contribution is -2.19. The minimum absolute atomic E-state index is 0.346. The summed E-state index contributed by atoms with van der Waals surface area (Å²) in [5.41, 5.74) is 3.33. The summed E-state index contributed by atoms with van der Waals surface area (Å²) in [6.45, 7) is 0. The van der Waals surface area contributed by atoms with Crippen molar-refractivity contribution in [3.8, 4) is 11.8 Å². The molecule has 0 aliphatic heterocycles. The molecule has 0 fully saturated rings. The lowest BCUT2D eigenvalue weighted by atomic mass is 10.2. The molecule has 9 heteroatoms. The second-order valence-corrected chi connectivity index (χ2v) is 2.77. The van der Waals surface area contributed by atoms with Crippen LogP contribution in [0.15, 0.2) is 6.07 Å². The molecule has 0 aromatic carbocycles. The molecular formula is C8H4F5N3O. The van der Waals surface area contributed by atoms with Gasteiger partial charge in [-0.05, 0) is 6.07 Å². The second-order valence-electron chi connectivity index (χ2n) is 2.77. The molecule has 0 aliphatic rings. The Bertz CT molecular complexity index is 465. The highest BCUT2D eigenvalue weighted by molar-refractivity contribution is 5.52. The van der Waals surface area contributed by atoms with E-state index in [1.807, 2.05) is 0 Å². The second kappa shape index (κ2) is 4.40. The van der Waals surface area contributed by atoms with Crippen LogP contribution >= 0.6 is 0 Å². The quantitative estimate of drug-likeness (QED) is 0.821. The van der Waals surface area contributed by atoms with E-state index in [1.165, 1.54) is 6.07 Å². The van der Waals surface area contributed by atoms with Gasteiger partial charge in [0.1, 0.15) is 6.07 Å². The van der Waals surface area contributed by atoms with Crippen molar-refractivity contribution < 1.29 is 26.7 Å². The number of nitriles is 1. The average molecular weight is 253 g/mol. The minimum Gasteiger partial charge on any atom is -0.402 e. The summed E-state index contributed by atoms with van der Waals surface area (Å²) in [6, 6.07) is 1.65. The summed E-state index contributed by atoms with van der Waals surface area (Å²) in [5.74, 6) is -1.85. The van der Waals surface area contributed by atoms with Gasteiger partial charge in [0.05, 0.1) is 5.56 Å². The van der Waals surface area contributed by atoms with Crippen LogP contribution in [0.3, 0.4) is 0 Å². The molecule has 0 spiro atoms. The zero-order chi connectivity index (χ0) is 13.2. The molecule has 1 aromatic heterocycles. The third-order valence-corrected chi connectivity index (χ3v) is 1.61. The molecular weight excluding hydrogens is 249 g/mol. The van der Waals surface area contributed by atoms with Gasteiger partial charge in [-0.25, -0.2) is 13.8 Å². The molecule has 0 amide bonds. The van der Waals surface area contributed by atoms with Gasteiger partial charge in [-0.2, -0.15) is 5.26 Å². The van der Waals surface area contributed by atoms with Gasteiger partial charge >= 0.3 is 6.36 Å². The summed E-state index contributed by atoms with van der Waals surface area (Å²) < 4.78 is 63.8. The Kier molecular flexibility index (Phi) is 3.36. The van der Waals surface area contributed by atoms with Crippen LogP contribution in [0.1, 0.15) is 17.7 Å². The van der Waals surface area contributed by atoms with Gasteiger partial charge in [-0.15, -0.1) is 13.2 Å². The number of hydrogen-bond acceptors (Lipinski definition) is 4. The lowest BCUT2D eigenvalue weighted by molar-refractivity contribution is -0.274. The van der Waals surface area contributed by atoms with E-state index in [0.29, 0.717) is 6.07 Å². The van der Waals surface area contributed by atoms with Gasteiger partial charge in [0.15, 0.2) is 17.3 Å². The molecule has 92 valence electrons. The van der Waals surface area contributed by atoms with Crippen molar-refractivity contribution in [2.75, 3.05) is 5.73 Å². The van der Waals surface area contributed by atoms with Crippen LogP contribution in [0, 0.1) is 11.3 Å². The maximum atomic E-state index is 12.4. The molecule has 1 aromatic rings. The number of ether oxygens (including phenoxy) is 1. The van der Waals surface area contributed by atoms with Gasteiger partial charge in [0.2, 0.25) is 0 Å². The average Bonchev–Trinajstić information content (AvgIpc) is 2.18. The van der Waals surface area contributed by atoms with Crippen molar-refractivity contribution in [2.24, 2.45) is 0 Å². The minimum atomic E-state index is -5.08. The molecule has 0 unspecified atom stereocenters. The Hall–Kier alpha value is -2.11. The van der Waals surface area contributed by atoms with Crippen LogP contribution in [-0.4, -0.2) is 11.3 Å². The van der Waals surface area contributed by atoms with Crippen LogP contribution in [0.4, 0.5) is 27.8 Å². The largest absolute Gasteiger partial charge is 0.573 e. The highest BCUT2D eigenvalue weighted by atomic mass is 19.4. The van der Waals surface area contributed by atoms with Crippen molar-refractivity contribution in [2.45, 2.75) is 12.8 Å². The Morgan fingerprint density at radius 2 is 2.00 bits per heavy atom. The highest BCUT2D eigenvalue weighted by Crippen LogP contribution is 2.32. The molecule has 1 rings (SSSR count). The van der Waals surface area contributed by atoms with Gasteiger partial charge in [0, 0.05) is 0 Å². The third-order valence-electron chi connectivity index (χ3n) is 1.61. The number of aromatic nitrogens is 1. The zero-order valence-electron chi connectivity index (χ0n) is 7.92. The number of alkyl halides is 5. The molecule has 2 N–H and O–H groups in total. The maximum Gasteiger partial charge on any atom is 0.573 e. The molecule has 0 atom stereocenters. The predicted molar refractivity (Wildman–Crippen MR) is 45.0 cm³/mol. The van der Waals surface area contributed by atoms with Crippen molar-refractivity contribution in [1.29, 1.82) is 5.26 Å². The van der Waals surface area contributed by atoms with E-state index >= 15 is 0 Å². The lowest BCUT2D eigenvalue weighted by Gasteiger charge is -2.12. The first kappa shape index (κ1) is 13.0. The highest BCUT2D eigenvalue weighted by Gasteiger charge is 2.33. The summed E-state index contributed by atoms with van der Waals surface area (Å²) in [4.78, 5) is 3.11. The number of anilines is 1. The summed E-state index contributed by atoms with van der Waals surface area (Å²) in [5, 5.41) is 8.45. The van der Waals surface area contributed by atoms with Crippen LogP contribution in [0.5, 0.6) is 5.75 Å². The summed E-state index contributed by atoms with van der Waals surface area (Å²) >= 11 is 0. The summed E-state index contributed by atoms with van der Waals surface area (Å²) in [7, 11) is 0. The van der Waals surface area contributed by atoms with Crippen molar-refractivity contribution >= 4 is 5.82 Å². The first-order chi connectivity index (χ1) is 7.74. The molecule has 0 radical (unpaired) electrons. The summed E-state index contributed by atoms with van der Waals surface area (Å²) in [6.07, 6.45) is -8.24. The number of rotatable bonds is 2. The van der Waals surface area contributed by atoms with E-state index in [2.05, 4.69) is 9.72 Å². The monoisotopic (exact) mass is 253 g/mol. The first-order valence-electron chi connectivity index (χ1n) is 3.99. The predicted octanol–water partition coefficient (Wildman–Crippen LogP) is 2.37. The molecule has 0 saturated heterocycles. The standard InChI is InChI=1S/C8H4F5N3O/c9-6(10)3-1-5(17-8(11,12)13)7(15)16-4(3)2-14/h1,6H,(H2,15,16). The SMILES string of the molecule is N#Cc1nc(N)c(OC(F)(F)F)cc1C(F)F. The molecule has 4 nitrogen and oxygen atoms in total. The topological polar surface area (TPSA) is 71.9 Å². The normalized spacial score (nSPS) is 11.4. The van der Waals surface area contributed by atoms with Crippen molar-refractivity contribution in [1.82, 2.24) is 4.98 Å². The van der Waals surface area contributed by atoms with E-state index in [4.69, 9.17) is 11.0 Å². The fourth-order valence-electron chi connectivity index (χ4n) is 0.986. The van der Waals surface area contributed by atoms with E-state index in [0.717, 1.165) is 0 Å². The van der Waals surface area contributed by atoms with E-state index in [9.17, 15) is 22.0 Å². The molecule has 0 saturated carbocycles. The number of nitrogen functional groups attached to an aromatic ring is 1. The van der Waals surface area contributed by atoms with Gasteiger partial charge in [0.25, 0.3) is 6.43 Å². The maximum absolute atomic E-state index is 12.4.